The molecule has 28 heavy (non-hydrogen) atoms. The van der Waals surface area contributed by atoms with Crippen molar-refractivity contribution in [3.8, 4) is 11.4 Å². The summed E-state index contributed by atoms with van der Waals surface area (Å²) in [6, 6.07) is 8.13. The summed E-state index contributed by atoms with van der Waals surface area (Å²) in [5, 5.41) is 6.43. The fourth-order valence-corrected chi connectivity index (χ4v) is 3.13. The van der Waals surface area contributed by atoms with Crippen LogP contribution in [0.3, 0.4) is 0 Å². The van der Waals surface area contributed by atoms with Crippen molar-refractivity contribution in [2.24, 2.45) is 0 Å². The number of aryl methyl sites for hydroxylation is 2. The van der Waals surface area contributed by atoms with Gasteiger partial charge < -0.3 is 0 Å². The summed E-state index contributed by atoms with van der Waals surface area (Å²) in [6.07, 6.45) is -11.2. The standard InChI is InChI=1S/C19H15F6N3/c1-11-3-7-14(8-4-11)17(18(20,21)22,19(23,24)25)15-9-5-13(6-10-15)16-26-12(2)27-28-16/h3-10H,1-2H3,(H,26,27,28). The van der Waals surface area contributed by atoms with Gasteiger partial charge in [-0.2, -0.15) is 31.4 Å². The molecule has 3 aromatic rings. The molecule has 0 aliphatic carbocycles. The second-order valence-corrected chi connectivity index (χ2v) is 6.43. The maximum atomic E-state index is 14.0. The highest BCUT2D eigenvalue weighted by Gasteiger charge is 2.72. The first kappa shape index (κ1) is 19.9. The summed E-state index contributed by atoms with van der Waals surface area (Å²) in [5.41, 5.74) is -5.11. The van der Waals surface area contributed by atoms with Gasteiger partial charge in [-0.25, -0.2) is 4.98 Å². The molecule has 3 rings (SSSR count). The second-order valence-electron chi connectivity index (χ2n) is 6.43. The van der Waals surface area contributed by atoms with Crippen molar-refractivity contribution in [3.63, 3.8) is 0 Å². The lowest BCUT2D eigenvalue weighted by atomic mass is 9.72. The van der Waals surface area contributed by atoms with E-state index in [4.69, 9.17) is 0 Å². The first-order valence-corrected chi connectivity index (χ1v) is 8.17. The van der Waals surface area contributed by atoms with Crippen LogP contribution in [0.4, 0.5) is 26.3 Å². The molecule has 1 N–H and O–H groups in total. The molecule has 1 heterocycles. The predicted molar refractivity (Wildman–Crippen MR) is 90.6 cm³/mol. The van der Waals surface area contributed by atoms with E-state index in [2.05, 4.69) is 15.2 Å². The largest absolute Gasteiger partial charge is 0.411 e. The van der Waals surface area contributed by atoms with Crippen LogP contribution in [-0.4, -0.2) is 27.5 Å². The highest BCUT2D eigenvalue weighted by Crippen LogP contribution is 2.56. The van der Waals surface area contributed by atoms with E-state index in [1.165, 1.54) is 12.1 Å². The van der Waals surface area contributed by atoms with Crippen LogP contribution >= 0.6 is 0 Å². The van der Waals surface area contributed by atoms with Crippen LogP contribution in [0.1, 0.15) is 22.5 Å². The Kier molecular flexibility index (Phi) is 4.73. The lowest BCUT2D eigenvalue weighted by molar-refractivity contribution is -0.288. The first-order chi connectivity index (χ1) is 13.0. The minimum absolute atomic E-state index is 0.184. The van der Waals surface area contributed by atoms with Crippen molar-refractivity contribution in [2.45, 2.75) is 31.6 Å². The Morgan fingerprint density at radius 1 is 0.714 bits per heavy atom. The van der Waals surface area contributed by atoms with E-state index in [0.717, 1.165) is 36.4 Å². The zero-order chi connectivity index (χ0) is 20.7. The zero-order valence-corrected chi connectivity index (χ0v) is 14.8. The van der Waals surface area contributed by atoms with E-state index in [1.54, 1.807) is 13.8 Å². The first-order valence-electron chi connectivity index (χ1n) is 8.17. The van der Waals surface area contributed by atoms with Crippen molar-refractivity contribution in [2.75, 3.05) is 0 Å². The molecule has 0 aliphatic rings. The summed E-state index contributed by atoms with van der Waals surface area (Å²) in [4.78, 5) is 4.03. The zero-order valence-electron chi connectivity index (χ0n) is 14.8. The number of aromatic nitrogens is 3. The van der Waals surface area contributed by atoms with Crippen LogP contribution in [0.15, 0.2) is 48.5 Å². The summed E-state index contributed by atoms with van der Waals surface area (Å²) in [6.45, 7) is 3.21. The predicted octanol–water partition coefficient (Wildman–Crippen LogP) is 5.50. The van der Waals surface area contributed by atoms with Crippen LogP contribution in [0, 0.1) is 13.8 Å². The molecule has 0 saturated carbocycles. The highest BCUT2D eigenvalue weighted by atomic mass is 19.4. The number of aromatic amines is 1. The molecule has 9 heteroatoms. The summed E-state index contributed by atoms with van der Waals surface area (Å²) in [5.74, 6) is 0.655. The molecule has 0 atom stereocenters. The molecule has 0 radical (unpaired) electrons. The lowest BCUT2D eigenvalue weighted by Gasteiger charge is -2.38. The van der Waals surface area contributed by atoms with E-state index >= 15 is 0 Å². The SMILES string of the molecule is Cc1ccc(C(c2ccc(-c3n[nH]c(C)n3)cc2)(C(F)(F)F)C(F)(F)F)cc1. The average molecular weight is 399 g/mol. The Balaban J connectivity index is 2.23. The Morgan fingerprint density at radius 2 is 1.18 bits per heavy atom. The summed E-state index contributed by atoms with van der Waals surface area (Å²) < 4.78 is 84.1. The number of nitrogens with zero attached hydrogens (tertiary/aromatic N) is 2. The molecule has 0 bridgehead atoms. The van der Waals surface area contributed by atoms with Gasteiger partial charge in [0.15, 0.2) is 5.82 Å². The molecule has 3 nitrogen and oxygen atoms in total. The van der Waals surface area contributed by atoms with Crippen LogP contribution in [0.5, 0.6) is 0 Å². The van der Waals surface area contributed by atoms with Gasteiger partial charge in [0.25, 0.3) is 0 Å². The number of nitrogens with one attached hydrogen (secondary N) is 1. The van der Waals surface area contributed by atoms with E-state index in [0.29, 0.717) is 17.0 Å². The van der Waals surface area contributed by atoms with E-state index in [1.807, 2.05) is 0 Å². The van der Waals surface area contributed by atoms with Crippen LogP contribution in [0.25, 0.3) is 11.4 Å². The van der Waals surface area contributed by atoms with E-state index in [-0.39, 0.29) is 5.82 Å². The maximum absolute atomic E-state index is 14.0. The van der Waals surface area contributed by atoms with Gasteiger partial charge in [0.05, 0.1) is 0 Å². The fraction of sp³-hybridized carbons (Fsp3) is 0.263. The second kappa shape index (κ2) is 6.65. The van der Waals surface area contributed by atoms with Crippen molar-refractivity contribution < 1.29 is 26.3 Å². The van der Waals surface area contributed by atoms with Crippen molar-refractivity contribution >= 4 is 0 Å². The molecule has 2 aromatic carbocycles. The Morgan fingerprint density at radius 3 is 1.57 bits per heavy atom. The van der Waals surface area contributed by atoms with Crippen molar-refractivity contribution in [1.82, 2.24) is 15.2 Å². The van der Waals surface area contributed by atoms with Crippen molar-refractivity contribution in [1.29, 1.82) is 0 Å². The van der Waals surface area contributed by atoms with Crippen LogP contribution < -0.4 is 0 Å². The minimum atomic E-state index is -5.61. The minimum Gasteiger partial charge on any atom is -0.263 e. The third-order valence-electron chi connectivity index (χ3n) is 4.51. The number of hydrogen-bond acceptors (Lipinski definition) is 2. The molecule has 0 unspecified atom stereocenters. The number of rotatable bonds is 3. The Hall–Kier alpha value is -2.84. The molecular weight excluding hydrogens is 384 g/mol. The van der Waals surface area contributed by atoms with Gasteiger partial charge in [-0.1, -0.05) is 54.1 Å². The van der Waals surface area contributed by atoms with Gasteiger partial charge in [-0.15, -0.1) is 0 Å². The molecule has 1 aromatic heterocycles. The average Bonchev–Trinajstić information content (AvgIpc) is 3.02. The third kappa shape index (κ3) is 3.14. The van der Waals surface area contributed by atoms with Gasteiger partial charge in [-0.05, 0) is 25.0 Å². The highest BCUT2D eigenvalue weighted by molar-refractivity contribution is 5.57. The molecule has 0 fully saturated rings. The number of benzene rings is 2. The van der Waals surface area contributed by atoms with Crippen LogP contribution in [0.2, 0.25) is 0 Å². The third-order valence-corrected chi connectivity index (χ3v) is 4.51. The van der Waals surface area contributed by atoms with Gasteiger partial charge >= 0.3 is 12.4 Å². The quantitative estimate of drug-likeness (QED) is 0.591. The maximum Gasteiger partial charge on any atom is 0.411 e. The van der Waals surface area contributed by atoms with Gasteiger partial charge in [0.2, 0.25) is 5.41 Å². The van der Waals surface area contributed by atoms with Gasteiger partial charge in [0, 0.05) is 5.56 Å². The number of alkyl halides is 6. The number of hydrogen-bond donors (Lipinski definition) is 1. The molecular formula is C19H15F6N3. The molecule has 0 spiro atoms. The van der Waals surface area contributed by atoms with Gasteiger partial charge in [0.1, 0.15) is 5.82 Å². The lowest BCUT2D eigenvalue weighted by Crippen LogP contribution is -2.54. The number of halogens is 6. The Labute approximate surface area is 156 Å². The summed E-state index contributed by atoms with van der Waals surface area (Å²) in [7, 11) is 0. The topological polar surface area (TPSA) is 41.6 Å². The molecule has 0 amide bonds. The van der Waals surface area contributed by atoms with Crippen LogP contribution in [-0.2, 0) is 5.41 Å². The molecule has 148 valence electrons. The van der Waals surface area contributed by atoms with E-state index in [9.17, 15) is 26.3 Å². The molecule has 0 saturated heterocycles. The van der Waals surface area contributed by atoms with Crippen molar-refractivity contribution in [3.05, 3.63) is 71.0 Å². The Bertz CT molecular complexity index is 939. The molecule has 0 aliphatic heterocycles. The van der Waals surface area contributed by atoms with Gasteiger partial charge in [-0.3, -0.25) is 5.10 Å². The number of H-pyrrole nitrogens is 1. The summed E-state index contributed by atoms with van der Waals surface area (Å²) >= 11 is 0. The smallest absolute Gasteiger partial charge is 0.263 e. The monoisotopic (exact) mass is 399 g/mol. The normalized spacial score (nSPS) is 13.0. The fourth-order valence-electron chi connectivity index (χ4n) is 3.13. The van der Waals surface area contributed by atoms with E-state index < -0.39 is 28.9 Å².